The minimum absolute atomic E-state index is 0.955. The van der Waals surface area contributed by atoms with Gasteiger partial charge in [0.05, 0.1) is 0 Å². The molecule has 0 fully saturated rings. The Hall–Kier alpha value is 0.599. The molecule has 5 heavy (non-hydrogen) atoms. The Morgan fingerprint density at radius 2 is 1.60 bits per heavy atom. The molecule has 0 aliphatic rings. The molecule has 0 radical (unpaired) electrons. The quantitative estimate of drug-likeness (QED) is 0.493. The van der Waals surface area contributed by atoms with Crippen molar-refractivity contribution >= 4 is 19.6 Å². The first-order valence-electron chi connectivity index (χ1n) is 1.67. The van der Waals surface area contributed by atoms with Gasteiger partial charge in [-0.15, -0.1) is 0 Å². The van der Waals surface area contributed by atoms with Crippen LogP contribution in [0.4, 0.5) is 0 Å². The van der Waals surface area contributed by atoms with E-state index in [0.29, 0.717) is 0 Å². The van der Waals surface area contributed by atoms with E-state index in [-0.39, 0.29) is 0 Å². The molecule has 1 nitrogen and oxygen atoms in total. The van der Waals surface area contributed by atoms with Crippen LogP contribution in [0.25, 0.3) is 0 Å². The predicted molar refractivity (Wildman–Crippen MR) is 25.8 cm³/mol. The van der Waals surface area contributed by atoms with Crippen LogP contribution in [0.3, 0.4) is 0 Å². The van der Waals surface area contributed by atoms with Crippen molar-refractivity contribution in [2.45, 2.75) is 9.88 Å². The van der Waals surface area contributed by atoms with Crippen LogP contribution in [0.2, 0.25) is 9.88 Å². The molecule has 2 heteroatoms. The van der Waals surface area contributed by atoms with Gasteiger partial charge in [0.2, 0.25) is 0 Å². The van der Waals surface area contributed by atoms with Crippen molar-refractivity contribution in [2.75, 3.05) is 7.05 Å². The number of rotatable bonds is 0. The van der Waals surface area contributed by atoms with Gasteiger partial charge in [0.1, 0.15) is 0 Å². The van der Waals surface area contributed by atoms with E-state index in [2.05, 4.69) is 13.0 Å². The Balaban J connectivity index is 3.14. The van der Waals surface area contributed by atoms with E-state index in [4.69, 9.17) is 0 Å². The van der Waals surface area contributed by atoms with Crippen LogP contribution in [-0.4, -0.2) is 26.6 Å². The Kier molecular flexibility index (Phi) is 3.15. The molecule has 0 aromatic rings. The van der Waals surface area contributed by atoms with E-state index in [9.17, 15) is 0 Å². The van der Waals surface area contributed by atoms with Gasteiger partial charge in [-0.05, 0) is 0 Å². The Morgan fingerprint density at radius 3 is 1.60 bits per heavy atom. The van der Waals surface area contributed by atoms with Crippen LogP contribution < -0.4 is 0 Å². The molecule has 0 heterocycles. The van der Waals surface area contributed by atoms with E-state index in [1.807, 2.05) is 7.05 Å². The molecule has 0 atom stereocenters. The third-order valence-corrected chi connectivity index (χ3v) is 3.00. The van der Waals surface area contributed by atoms with E-state index >= 15 is 0 Å². The number of nitrogens with zero attached hydrogens (tertiary/aromatic N) is 1. The second-order valence-corrected chi connectivity index (χ2v) is 7.85. The second-order valence-electron chi connectivity index (χ2n) is 1.17. The zero-order chi connectivity index (χ0) is 4.28. The number of hydrogen-bond donors (Lipinski definition) is 0. The monoisotopic (exact) mass is 179 g/mol. The standard InChI is InChI=1S/CH3N.2CH3.Sn/c1-2;;;/h1H3;2*1H3;. The first-order valence-corrected chi connectivity index (χ1v) is 8.66. The summed E-state index contributed by atoms with van der Waals surface area (Å²) in [6, 6.07) is 0. The Bertz CT molecular complexity index is 44.9. The molecule has 0 aliphatic heterocycles. The molecule has 30 valence electrons. The Morgan fingerprint density at radius 1 is 1.40 bits per heavy atom. The summed E-state index contributed by atoms with van der Waals surface area (Å²) in [7, 11) is 1.91. The zero-order valence-electron chi connectivity index (χ0n) is 3.95. The van der Waals surface area contributed by atoms with Crippen LogP contribution in [0.1, 0.15) is 0 Å². The summed E-state index contributed by atoms with van der Waals surface area (Å²) in [5.74, 6) is 0. The van der Waals surface area contributed by atoms with Gasteiger partial charge in [0.15, 0.2) is 0 Å². The summed E-state index contributed by atoms with van der Waals surface area (Å²) in [5.41, 5.74) is 0. The molecule has 0 N–H and O–H groups in total. The molecule has 0 spiro atoms. The maximum absolute atomic E-state index is 4.09. The zero-order valence-corrected chi connectivity index (χ0v) is 6.80. The molecule has 0 aromatic heterocycles. The summed E-state index contributed by atoms with van der Waals surface area (Å²) < 4.78 is 4.09. The predicted octanol–water partition coefficient (Wildman–Crippen LogP) is 1.14. The molecule has 0 bridgehead atoms. The third kappa shape index (κ3) is 4.60. The third-order valence-electron chi connectivity index (χ3n) is 0.447. The van der Waals surface area contributed by atoms with Gasteiger partial charge in [-0.1, -0.05) is 0 Å². The Labute approximate surface area is 40.0 Å². The minimum atomic E-state index is -0.955. The molecular formula is C3H9NSn. The van der Waals surface area contributed by atoms with E-state index in [1.165, 1.54) is 0 Å². The fourth-order valence-corrected chi connectivity index (χ4v) is 0. The topological polar surface area (TPSA) is 12.4 Å². The van der Waals surface area contributed by atoms with Crippen molar-refractivity contribution < 1.29 is 0 Å². The van der Waals surface area contributed by atoms with Gasteiger partial charge < -0.3 is 0 Å². The summed E-state index contributed by atoms with van der Waals surface area (Å²) in [6.45, 7) is 0. The van der Waals surface area contributed by atoms with Gasteiger partial charge in [-0.2, -0.15) is 0 Å². The molecule has 0 aromatic carbocycles. The summed E-state index contributed by atoms with van der Waals surface area (Å²) >= 11 is -0.955. The molecule has 0 unspecified atom stereocenters. The van der Waals surface area contributed by atoms with Crippen LogP contribution in [0, 0.1) is 0 Å². The van der Waals surface area contributed by atoms with Gasteiger partial charge >= 0.3 is 39.7 Å². The first-order chi connectivity index (χ1) is 2.27. The number of hydrogen-bond acceptors (Lipinski definition) is 1. The van der Waals surface area contributed by atoms with Crippen molar-refractivity contribution in [3.63, 3.8) is 0 Å². The van der Waals surface area contributed by atoms with Gasteiger partial charge in [0.25, 0.3) is 0 Å². The molecule has 0 aliphatic carbocycles. The summed E-state index contributed by atoms with van der Waals surface area (Å²) in [5, 5.41) is 0. The van der Waals surface area contributed by atoms with Crippen LogP contribution in [0.15, 0.2) is 3.15 Å². The van der Waals surface area contributed by atoms with E-state index in [0.717, 1.165) is 0 Å². The molecule has 0 rings (SSSR count). The normalized spacial score (nSPS) is 7.00. The van der Waals surface area contributed by atoms with Crippen molar-refractivity contribution in [3.8, 4) is 0 Å². The van der Waals surface area contributed by atoms with Gasteiger partial charge in [0, 0.05) is 0 Å². The molecule has 0 saturated heterocycles. The summed E-state index contributed by atoms with van der Waals surface area (Å²) in [4.78, 5) is 4.50. The average Bonchev–Trinajstić information content (AvgIpc) is 1.38. The van der Waals surface area contributed by atoms with E-state index in [1.54, 1.807) is 0 Å². The summed E-state index contributed by atoms with van der Waals surface area (Å²) in [6.07, 6.45) is 0. The maximum atomic E-state index is 4.09. The van der Waals surface area contributed by atoms with Crippen molar-refractivity contribution in [1.82, 2.24) is 0 Å². The SMILES string of the molecule is C[N]=[Sn]([CH3])[CH3]. The molecule has 0 saturated carbocycles. The molecular weight excluding hydrogens is 169 g/mol. The van der Waals surface area contributed by atoms with Gasteiger partial charge in [-0.3, -0.25) is 0 Å². The van der Waals surface area contributed by atoms with Crippen molar-refractivity contribution in [1.29, 1.82) is 0 Å². The second kappa shape index (κ2) is 2.82. The van der Waals surface area contributed by atoms with E-state index < -0.39 is 19.6 Å². The van der Waals surface area contributed by atoms with Crippen LogP contribution in [-0.2, 0) is 0 Å². The van der Waals surface area contributed by atoms with Crippen molar-refractivity contribution in [2.24, 2.45) is 3.15 Å². The molecule has 0 amide bonds. The van der Waals surface area contributed by atoms with Crippen molar-refractivity contribution in [3.05, 3.63) is 0 Å². The first kappa shape index (κ1) is 5.60. The van der Waals surface area contributed by atoms with Crippen LogP contribution in [0.5, 0.6) is 0 Å². The van der Waals surface area contributed by atoms with Crippen LogP contribution >= 0.6 is 0 Å². The van der Waals surface area contributed by atoms with Gasteiger partial charge in [-0.25, -0.2) is 0 Å². The fraction of sp³-hybridized carbons (Fsp3) is 1.00. The average molecular weight is 178 g/mol. The fourth-order valence-electron chi connectivity index (χ4n) is 0.